The standard InChI is InChI=1S/C18H24N2O8/c1-9(21)20-12-4-6-13(7-5-12)27-18-16(24)15(19)17(26-11(3)23)14(28-18)8-25-10(2)22/h4-7,14-18,24H,8,19H2,1-3H3,(H,20,21)/t14?,15-,16?,17+,18-/m0/s1. The lowest BCUT2D eigenvalue weighted by Crippen LogP contribution is -2.64. The molecule has 0 bridgehead atoms. The Kier molecular flexibility index (Phi) is 7.32. The van der Waals surface area contributed by atoms with Crippen LogP contribution < -0.4 is 15.8 Å². The third-order valence-corrected chi connectivity index (χ3v) is 3.91. The molecule has 0 radical (unpaired) electrons. The van der Waals surface area contributed by atoms with Gasteiger partial charge in [-0.15, -0.1) is 0 Å². The SMILES string of the molecule is CC(=O)Nc1ccc(O[C@H]2OC(COC(C)=O)[C@@H](OC(C)=O)[C@@H](N)C2O)cc1. The highest BCUT2D eigenvalue weighted by atomic mass is 16.7. The first-order valence-electron chi connectivity index (χ1n) is 8.61. The van der Waals surface area contributed by atoms with Gasteiger partial charge in [-0.2, -0.15) is 0 Å². The summed E-state index contributed by atoms with van der Waals surface area (Å²) in [5.74, 6) is -1.02. The number of ether oxygens (including phenoxy) is 4. The molecule has 5 atom stereocenters. The topological polar surface area (TPSA) is 146 Å². The van der Waals surface area contributed by atoms with E-state index in [1.165, 1.54) is 20.8 Å². The van der Waals surface area contributed by atoms with Gasteiger partial charge in [0.2, 0.25) is 12.2 Å². The van der Waals surface area contributed by atoms with Gasteiger partial charge in [0, 0.05) is 26.5 Å². The Morgan fingerprint density at radius 2 is 1.79 bits per heavy atom. The van der Waals surface area contributed by atoms with Gasteiger partial charge in [-0.3, -0.25) is 14.4 Å². The van der Waals surface area contributed by atoms with Crippen LogP contribution in [0.4, 0.5) is 5.69 Å². The Morgan fingerprint density at radius 1 is 1.14 bits per heavy atom. The molecule has 1 aromatic rings. The van der Waals surface area contributed by atoms with E-state index in [9.17, 15) is 19.5 Å². The van der Waals surface area contributed by atoms with Crippen molar-refractivity contribution in [2.45, 2.75) is 51.4 Å². The summed E-state index contributed by atoms with van der Waals surface area (Å²) in [6, 6.07) is 5.35. The van der Waals surface area contributed by atoms with Crippen LogP contribution in [0.1, 0.15) is 20.8 Å². The van der Waals surface area contributed by atoms with Crippen molar-refractivity contribution in [3.63, 3.8) is 0 Å². The molecular weight excluding hydrogens is 372 g/mol. The van der Waals surface area contributed by atoms with Crippen molar-refractivity contribution in [3.8, 4) is 5.75 Å². The van der Waals surface area contributed by atoms with Gasteiger partial charge < -0.3 is 35.1 Å². The summed E-state index contributed by atoms with van der Waals surface area (Å²) in [5.41, 5.74) is 6.59. The molecule has 0 spiro atoms. The van der Waals surface area contributed by atoms with Crippen LogP contribution in [-0.4, -0.2) is 60.2 Å². The first-order chi connectivity index (χ1) is 13.2. The lowest BCUT2D eigenvalue weighted by Gasteiger charge is -2.42. The second-order valence-electron chi connectivity index (χ2n) is 6.31. The molecule has 2 unspecified atom stereocenters. The number of nitrogens with one attached hydrogen (secondary N) is 1. The van der Waals surface area contributed by atoms with Crippen LogP contribution >= 0.6 is 0 Å². The van der Waals surface area contributed by atoms with Crippen molar-refractivity contribution in [1.29, 1.82) is 0 Å². The Bertz CT molecular complexity index is 708. The van der Waals surface area contributed by atoms with Gasteiger partial charge in [0.1, 0.15) is 30.7 Å². The zero-order valence-electron chi connectivity index (χ0n) is 15.8. The highest BCUT2D eigenvalue weighted by molar-refractivity contribution is 5.88. The minimum absolute atomic E-state index is 0.212. The number of nitrogens with two attached hydrogens (primary N) is 1. The number of aliphatic hydroxyl groups excluding tert-OH is 1. The normalized spacial score (nSPS) is 26.8. The zero-order chi connectivity index (χ0) is 20.8. The van der Waals surface area contributed by atoms with E-state index >= 15 is 0 Å². The van der Waals surface area contributed by atoms with Gasteiger partial charge in [-0.25, -0.2) is 0 Å². The molecule has 1 fully saturated rings. The smallest absolute Gasteiger partial charge is 0.303 e. The number of esters is 2. The molecule has 1 heterocycles. The number of rotatable bonds is 6. The maximum absolute atomic E-state index is 11.3. The highest BCUT2D eigenvalue weighted by Crippen LogP contribution is 2.26. The fraction of sp³-hybridized carbons (Fsp3) is 0.500. The maximum atomic E-state index is 11.3. The van der Waals surface area contributed by atoms with E-state index in [4.69, 9.17) is 24.7 Å². The van der Waals surface area contributed by atoms with E-state index in [-0.39, 0.29) is 12.5 Å². The van der Waals surface area contributed by atoms with Crippen LogP contribution in [0.25, 0.3) is 0 Å². The predicted molar refractivity (Wildman–Crippen MR) is 96.2 cm³/mol. The summed E-state index contributed by atoms with van der Waals surface area (Å²) in [6.45, 7) is 3.58. The number of amides is 1. The zero-order valence-corrected chi connectivity index (χ0v) is 15.8. The van der Waals surface area contributed by atoms with Gasteiger partial charge in [0.25, 0.3) is 0 Å². The van der Waals surface area contributed by atoms with Crippen LogP contribution in [-0.2, 0) is 28.6 Å². The Labute approximate surface area is 161 Å². The van der Waals surface area contributed by atoms with Crippen LogP contribution in [0.5, 0.6) is 5.75 Å². The van der Waals surface area contributed by atoms with Crippen molar-refractivity contribution >= 4 is 23.5 Å². The number of carbonyl (C=O) groups excluding carboxylic acids is 3. The summed E-state index contributed by atoms with van der Waals surface area (Å²) in [5, 5.41) is 13.0. The van der Waals surface area contributed by atoms with E-state index in [1.807, 2.05) is 0 Å². The molecule has 0 saturated carbocycles. The summed E-state index contributed by atoms with van der Waals surface area (Å²) < 4.78 is 21.4. The second-order valence-corrected chi connectivity index (χ2v) is 6.31. The fourth-order valence-electron chi connectivity index (χ4n) is 2.69. The lowest BCUT2D eigenvalue weighted by atomic mass is 9.97. The molecule has 0 aromatic heterocycles. The van der Waals surface area contributed by atoms with Gasteiger partial charge in [0.15, 0.2) is 0 Å². The van der Waals surface area contributed by atoms with Crippen LogP contribution in [0.2, 0.25) is 0 Å². The fourth-order valence-corrected chi connectivity index (χ4v) is 2.69. The van der Waals surface area contributed by atoms with E-state index in [0.717, 1.165) is 0 Å². The van der Waals surface area contributed by atoms with Crippen molar-refractivity contribution in [2.24, 2.45) is 5.73 Å². The molecule has 1 aromatic carbocycles. The quantitative estimate of drug-likeness (QED) is 0.562. The molecule has 0 aliphatic carbocycles. The third kappa shape index (κ3) is 5.91. The largest absolute Gasteiger partial charge is 0.463 e. The minimum Gasteiger partial charge on any atom is -0.463 e. The Balaban J connectivity index is 2.11. The van der Waals surface area contributed by atoms with Crippen LogP contribution in [0.15, 0.2) is 24.3 Å². The van der Waals surface area contributed by atoms with E-state index < -0.39 is 42.6 Å². The van der Waals surface area contributed by atoms with Gasteiger partial charge in [-0.1, -0.05) is 0 Å². The summed E-state index contributed by atoms with van der Waals surface area (Å²) in [7, 11) is 0. The summed E-state index contributed by atoms with van der Waals surface area (Å²) >= 11 is 0. The highest BCUT2D eigenvalue weighted by Gasteiger charge is 2.47. The van der Waals surface area contributed by atoms with Gasteiger partial charge in [0.05, 0.1) is 6.04 Å². The van der Waals surface area contributed by atoms with Crippen LogP contribution in [0.3, 0.4) is 0 Å². The molecule has 4 N–H and O–H groups in total. The van der Waals surface area contributed by atoms with E-state index in [1.54, 1.807) is 24.3 Å². The summed E-state index contributed by atoms with van der Waals surface area (Å²) in [4.78, 5) is 33.5. The van der Waals surface area contributed by atoms with Gasteiger partial charge in [-0.05, 0) is 24.3 Å². The molecule has 154 valence electrons. The number of benzene rings is 1. The molecule has 28 heavy (non-hydrogen) atoms. The molecular formula is C18H24N2O8. The Hall–Kier alpha value is -2.69. The predicted octanol–water partition coefficient (Wildman–Crippen LogP) is -0.0683. The molecule has 2 rings (SSSR count). The molecule has 1 amide bonds. The summed E-state index contributed by atoms with van der Waals surface area (Å²) in [6.07, 6.45) is -4.44. The average Bonchev–Trinajstić information content (AvgIpc) is 2.61. The van der Waals surface area contributed by atoms with E-state index in [2.05, 4.69) is 5.32 Å². The monoisotopic (exact) mass is 396 g/mol. The maximum Gasteiger partial charge on any atom is 0.303 e. The average molecular weight is 396 g/mol. The third-order valence-electron chi connectivity index (χ3n) is 3.91. The lowest BCUT2D eigenvalue weighted by molar-refractivity contribution is -0.254. The minimum atomic E-state index is -1.31. The van der Waals surface area contributed by atoms with Crippen molar-refractivity contribution in [3.05, 3.63) is 24.3 Å². The number of hydrogen-bond acceptors (Lipinski definition) is 9. The molecule has 10 nitrogen and oxygen atoms in total. The van der Waals surface area contributed by atoms with Crippen molar-refractivity contribution in [1.82, 2.24) is 0 Å². The first kappa shape index (κ1) is 21.6. The number of carbonyl (C=O) groups is 3. The van der Waals surface area contributed by atoms with Gasteiger partial charge >= 0.3 is 11.9 Å². The molecule has 1 saturated heterocycles. The van der Waals surface area contributed by atoms with E-state index in [0.29, 0.717) is 11.4 Å². The number of hydrogen-bond donors (Lipinski definition) is 3. The van der Waals surface area contributed by atoms with Crippen molar-refractivity contribution < 1.29 is 38.4 Å². The first-order valence-corrected chi connectivity index (χ1v) is 8.61. The second kappa shape index (κ2) is 9.49. The number of anilines is 1. The van der Waals surface area contributed by atoms with Crippen molar-refractivity contribution in [2.75, 3.05) is 11.9 Å². The Morgan fingerprint density at radius 3 is 2.32 bits per heavy atom. The molecule has 1 aliphatic heterocycles. The van der Waals surface area contributed by atoms with Crippen LogP contribution in [0, 0.1) is 0 Å². The molecule has 10 heteroatoms. The molecule has 1 aliphatic rings. The number of aliphatic hydroxyl groups is 1.